The van der Waals surface area contributed by atoms with E-state index in [0.29, 0.717) is 16.6 Å². The molecule has 4 heterocycles. The first-order valence-electron chi connectivity index (χ1n) is 12.0. The Hall–Kier alpha value is -4.00. The first-order chi connectivity index (χ1) is 17.6. The van der Waals surface area contributed by atoms with E-state index in [4.69, 9.17) is 24.7 Å². The molecule has 13 heteroatoms. The van der Waals surface area contributed by atoms with Gasteiger partial charge in [-0.25, -0.2) is 4.99 Å². The molecule has 0 radical (unpaired) electrons. The van der Waals surface area contributed by atoms with Crippen LogP contribution in [0.25, 0.3) is 10.8 Å². The van der Waals surface area contributed by atoms with Gasteiger partial charge in [-0.2, -0.15) is 4.98 Å². The molecule has 198 valence electrons. The summed E-state index contributed by atoms with van der Waals surface area (Å²) in [6.07, 6.45) is 0.0606. The Labute approximate surface area is 211 Å². The Morgan fingerprint density at radius 3 is 2.54 bits per heavy atom. The number of nitrogens with two attached hydrogens (primary N) is 1. The molecule has 4 atom stereocenters. The van der Waals surface area contributed by atoms with E-state index in [-0.39, 0.29) is 37.4 Å². The van der Waals surface area contributed by atoms with Gasteiger partial charge in [0.05, 0.1) is 11.7 Å². The van der Waals surface area contributed by atoms with Gasteiger partial charge in [-0.3, -0.25) is 19.2 Å². The monoisotopic (exact) mass is 515 g/mol. The van der Waals surface area contributed by atoms with Gasteiger partial charge in [0.15, 0.2) is 17.9 Å². The summed E-state index contributed by atoms with van der Waals surface area (Å²) in [5.41, 5.74) is 4.25. The van der Waals surface area contributed by atoms with Crippen LogP contribution in [0.3, 0.4) is 0 Å². The molecule has 2 aromatic heterocycles. The maximum absolute atomic E-state index is 12.6. The molecule has 2 aliphatic heterocycles. The number of rotatable bonds is 8. The van der Waals surface area contributed by atoms with Gasteiger partial charge < -0.3 is 34.6 Å². The van der Waals surface area contributed by atoms with Crippen molar-refractivity contribution in [3.8, 4) is 0 Å². The zero-order valence-electron chi connectivity index (χ0n) is 21.0. The Bertz CT molecular complexity index is 1340. The lowest BCUT2D eigenvalue weighted by molar-refractivity contribution is -0.187. The van der Waals surface area contributed by atoms with Crippen LogP contribution in [-0.2, 0) is 33.3 Å². The van der Waals surface area contributed by atoms with Crippen molar-refractivity contribution in [2.24, 2.45) is 4.99 Å². The van der Waals surface area contributed by atoms with Crippen LogP contribution >= 0.6 is 0 Å². The number of nitrogens with one attached hydrogen (secondary N) is 1. The van der Waals surface area contributed by atoms with Crippen LogP contribution in [0.15, 0.2) is 22.1 Å². The first kappa shape index (κ1) is 26.1. The predicted molar refractivity (Wildman–Crippen MR) is 132 cm³/mol. The third kappa shape index (κ3) is 4.73. The Kier molecular flexibility index (Phi) is 7.16. The number of hydrogen-bond acceptors (Lipinski definition) is 12. The van der Waals surface area contributed by atoms with Gasteiger partial charge in [-0.05, 0) is 6.92 Å². The normalized spacial score (nSPS) is 23.9. The van der Waals surface area contributed by atoms with E-state index in [9.17, 15) is 19.2 Å². The quantitative estimate of drug-likeness (QED) is 0.388. The summed E-state index contributed by atoms with van der Waals surface area (Å²) in [6.45, 7) is 6.25. The summed E-state index contributed by atoms with van der Waals surface area (Å²) in [5.74, 6) is -1.00. The van der Waals surface area contributed by atoms with E-state index in [1.165, 1.54) is 12.4 Å². The van der Waals surface area contributed by atoms with E-state index in [2.05, 4.69) is 15.3 Å². The van der Waals surface area contributed by atoms with E-state index in [1.807, 2.05) is 0 Å². The standard InChI is InChI=1S/C24H29N5O8/c1-5-16(31)34-10-14-20(36-17(32)6-2)24(4,37-18(33)7-3)23(35-14)29-9-12-13(25)8-15(30)28-21-19(12)22(29)27-11-26-21/h8-9,11,14,20,23H,5-7,10,25H2,1-4H3,(H,26,27,28,30)/t14-,20-,23-,24+/m1/s1. The summed E-state index contributed by atoms with van der Waals surface area (Å²) >= 11 is 0. The molecule has 0 saturated carbocycles. The van der Waals surface area contributed by atoms with Gasteiger partial charge in [0.25, 0.3) is 5.56 Å². The summed E-state index contributed by atoms with van der Waals surface area (Å²) in [5, 5.41) is 3.76. The highest BCUT2D eigenvalue weighted by molar-refractivity contribution is 6.10. The first-order valence-corrected chi connectivity index (χ1v) is 12.0. The second kappa shape index (κ2) is 10.2. The van der Waals surface area contributed by atoms with Gasteiger partial charge in [-0.1, -0.05) is 20.8 Å². The van der Waals surface area contributed by atoms with Crippen LogP contribution in [0.5, 0.6) is 0 Å². The third-order valence-electron chi connectivity index (χ3n) is 6.26. The van der Waals surface area contributed by atoms with E-state index < -0.39 is 47.5 Å². The maximum atomic E-state index is 12.6. The van der Waals surface area contributed by atoms with Gasteiger partial charge in [0.2, 0.25) is 0 Å². The molecule has 3 N–H and O–H groups in total. The molecule has 0 unspecified atom stereocenters. The van der Waals surface area contributed by atoms with Gasteiger partial charge >= 0.3 is 17.9 Å². The van der Waals surface area contributed by atoms with Crippen molar-refractivity contribution in [1.82, 2.24) is 9.55 Å². The number of carbonyl (C=O) groups is 3. The van der Waals surface area contributed by atoms with Crippen LogP contribution in [-0.4, -0.2) is 58.2 Å². The fourth-order valence-corrected chi connectivity index (χ4v) is 4.42. The van der Waals surface area contributed by atoms with Crippen molar-refractivity contribution in [2.75, 3.05) is 17.7 Å². The summed E-state index contributed by atoms with van der Waals surface area (Å²) in [7, 11) is 0. The molecule has 0 spiro atoms. The number of esters is 3. The average Bonchev–Trinajstić information content (AvgIpc) is 3.34. The van der Waals surface area contributed by atoms with Crippen LogP contribution in [0.2, 0.25) is 0 Å². The highest BCUT2D eigenvalue weighted by Gasteiger charge is 2.60. The lowest BCUT2D eigenvalue weighted by atomic mass is 9.95. The molecular formula is C24H29N5O8. The second-order valence-electron chi connectivity index (χ2n) is 8.79. The fourth-order valence-electron chi connectivity index (χ4n) is 4.42. The molecule has 0 amide bonds. The average molecular weight is 516 g/mol. The van der Waals surface area contributed by atoms with Crippen LogP contribution in [0.1, 0.15) is 53.2 Å². The minimum atomic E-state index is -1.55. The number of hydrogen-bond donors (Lipinski definition) is 2. The Balaban J connectivity index is 1.89. The molecule has 2 aromatic rings. The Morgan fingerprint density at radius 1 is 1.16 bits per heavy atom. The molecule has 37 heavy (non-hydrogen) atoms. The second-order valence-corrected chi connectivity index (χ2v) is 8.79. The molecule has 0 aliphatic carbocycles. The topological polar surface area (TPSA) is 173 Å². The van der Waals surface area contributed by atoms with Crippen molar-refractivity contribution in [3.63, 3.8) is 0 Å². The smallest absolute Gasteiger partial charge is 0.306 e. The zero-order chi connectivity index (χ0) is 26.9. The fraction of sp³-hybridized carbons (Fsp3) is 0.500. The van der Waals surface area contributed by atoms with Crippen molar-refractivity contribution >= 4 is 52.3 Å². The van der Waals surface area contributed by atoms with Crippen LogP contribution in [0.4, 0.5) is 17.3 Å². The van der Waals surface area contributed by atoms with Crippen molar-refractivity contribution in [2.45, 2.75) is 71.0 Å². The molecule has 4 rings (SSSR count). The lowest BCUT2D eigenvalue weighted by Crippen LogP contribution is -2.50. The number of carbonyl (C=O) groups excluding carboxylic acids is 3. The molecular weight excluding hydrogens is 486 g/mol. The molecule has 0 aromatic carbocycles. The van der Waals surface area contributed by atoms with Gasteiger partial charge in [-0.15, -0.1) is 0 Å². The summed E-state index contributed by atoms with van der Waals surface area (Å²) in [6, 6.07) is 1.19. The number of ether oxygens (including phenoxy) is 4. The van der Waals surface area contributed by atoms with Gasteiger partial charge in [0.1, 0.15) is 24.3 Å². The number of aliphatic imine (C=N–C) groups is 1. The molecule has 1 saturated heterocycles. The predicted octanol–water partition coefficient (Wildman–Crippen LogP) is 1.95. The number of nitrogens with zero attached hydrogens (tertiary/aromatic N) is 3. The highest BCUT2D eigenvalue weighted by Crippen LogP contribution is 2.48. The number of anilines is 2. The van der Waals surface area contributed by atoms with Crippen LogP contribution < -0.4 is 16.6 Å². The molecule has 2 aliphatic rings. The molecule has 0 bridgehead atoms. The van der Waals surface area contributed by atoms with E-state index in [1.54, 1.807) is 38.5 Å². The summed E-state index contributed by atoms with van der Waals surface area (Å²) in [4.78, 5) is 57.4. The van der Waals surface area contributed by atoms with Crippen molar-refractivity contribution < 1.29 is 33.3 Å². The maximum Gasteiger partial charge on any atom is 0.306 e. The van der Waals surface area contributed by atoms with E-state index >= 15 is 0 Å². The van der Waals surface area contributed by atoms with E-state index in [0.717, 1.165) is 0 Å². The van der Waals surface area contributed by atoms with Crippen molar-refractivity contribution in [3.05, 3.63) is 22.6 Å². The van der Waals surface area contributed by atoms with Crippen LogP contribution in [0, 0.1) is 0 Å². The Morgan fingerprint density at radius 2 is 1.86 bits per heavy atom. The lowest BCUT2D eigenvalue weighted by Gasteiger charge is -2.35. The largest absolute Gasteiger partial charge is 0.463 e. The third-order valence-corrected chi connectivity index (χ3v) is 6.26. The molecule has 1 fully saturated rings. The number of aromatic nitrogens is 2. The number of nitrogen functional groups attached to an aromatic ring is 1. The van der Waals surface area contributed by atoms with Crippen molar-refractivity contribution in [1.29, 1.82) is 0 Å². The zero-order valence-corrected chi connectivity index (χ0v) is 21.0. The van der Waals surface area contributed by atoms with Gasteiger partial charge in [0, 0.05) is 42.6 Å². The minimum Gasteiger partial charge on any atom is -0.463 e. The molecule has 13 nitrogen and oxygen atoms in total. The summed E-state index contributed by atoms with van der Waals surface area (Å²) < 4.78 is 24.8. The minimum absolute atomic E-state index is 0.0535. The SMILES string of the molecule is CCC(=O)OC[C@H]1O[C@@H](n2cc3c(N)cc(=O)nc4c3c2N=CN4)[C@@](C)(OC(=O)CC)[C@@H]1OC(=O)CC. The highest BCUT2D eigenvalue weighted by atomic mass is 16.7.